The zero-order valence-electron chi connectivity index (χ0n) is 10.1. The summed E-state index contributed by atoms with van der Waals surface area (Å²) in [5, 5.41) is 8.90. The topological polar surface area (TPSA) is 75.8 Å². The molecule has 1 unspecified atom stereocenters. The van der Waals surface area contributed by atoms with Crippen LogP contribution in [0.1, 0.15) is 20.3 Å². The van der Waals surface area contributed by atoms with Gasteiger partial charge in [0.15, 0.2) is 0 Å². The molecule has 0 aliphatic carbocycles. The monoisotopic (exact) mass is 230 g/mol. The van der Waals surface area contributed by atoms with Gasteiger partial charge in [-0.05, 0) is 18.4 Å². The van der Waals surface area contributed by atoms with Crippen LogP contribution in [-0.4, -0.2) is 54.9 Å². The predicted octanol–water partition coefficient (Wildman–Crippen LogP) is 0.147. The van der Waals surface area contributed by atoms with Gasteiger partial charge in [0.2, 0.25) is 0 Å². The predicted molar refractivity (Wildman–Crippen MR) is 61.3 cm³/mol. The molecule has 94 valence electrons. The largest absolute Gasteiger partial charge is 0.480 e. The molecule has 1 aliphatic rings. The molecular formula is C11H22N2O3. The van der Waals surface area contributed by atoms with E-state index in [1.54, 1.807) is 0 Å². The van der Waals surface area contributed by atoms with Gasteiger partial charge in [-0.15, -0.1) is 0 Å². The number of nitrogens with two attached hydrogens (primary N) is 1. The summed E-state index contributed by atoms with van der Waals surface area (Å²) in [5.41, 5.74) is 5.30. The molecule has 3 N–H and O–H groups in total. The van der Waals surface area contributed by atoms with Crippen molar-refractivity contribution in [3.05, 3.63) is 0 Å². The van der Waals surface area contributed by atoms with Crippen molar-refractivity contribution >= 4 is 5.97 Å². The molecule has 1 saturated heterocycles. The summed E-state index contributed by atoms with van der Waals surface area (Å²) in [7, 11) is 0. The lowest BCUT2D eigenvalue weighted by molar-refractivity contribution is -0.141. The first-order valence-corrected chi connectivity index (χ1v) is 5.72. The molecule has 0 spiro atoms. The molecule has 0 aromatic rings. The molecule has 5 heteroatoms. The van der Waals surface area contributed by atoms with Gasteiger partial charge in [0, 0.05) is 13.1 Å². The van der Waals surface area contributed by atoms with Crippen LogP contribution in [0.5, 0.6) is 0 Å². The second kappa shape index (κ2) is 5.61. The number of aliphatic carboxylic acids is 1. The van der Waals surface area contributed by atoms with Gasteiger partial charge in [0.25, 0.3) is 0 Å². The molecule has 5 nitrogen and oxygen atoms in total. The Bertz CT molecular complexity index is 237. The van der Waals surface area contributed by atoms with Crippen molar-refractivity contribution in [3.63, 3.8) is 0 Å². The maximum Gasteiger partial charge on any atom is 0.321 e. The number of morpholine rings is 1. The normalized spacial score (nSPS) is 20.7. The minimum Gasteiger partial charge on any atom is -0.480 e. The van der Waals surface area contributed by atoms with Crippen LogP contribution in [0.4, 0.5) is 0 Å². The van der Waals surface area contributed by atoms with Crippen molar-refractivity contribution in [2.24, 2.45) is 11.1 Å². The molecule has 0 saturated carbocycles. The Balaban J connectivity index is 2.37. The van der Waals surface area contributed by atoms with Gasteiger partial charge in [-0.2, -0.15) is 0 Å². The van der Waals surface area contributed by atoms with E-state index < -0.39 is 12.0 Å². The van der Waals surface area contributed by atoms with E-state index in [9.17, 15) is 4.79 Å². The van der Waals surface area contributed by atoms with Crippen molar-refractivity contribution in [3.8, 4) is 0 Å². The van der Waals surface area contributed by atoms with E-state index in [1.165, 1.54) is 0 Å². The minimum absolute atomic E-state index is 0.371. The van der Waals surface area contributed by atoms with Crippen molar-refractivity contribution in [2.45, 2.75) is 26.3 Å². The fraction of sp³-hybridized carbons (Fsp3) is 0.909. The maximum absolute atomic E-state index is 10.8. The SMILES string of the molecule is CC(C)(CCN1CCOCC1)C(N)C(=O)O. The Labute approximate surface area is 96.6 Å². The standard InChI is InChI=1S/C11H22N2O3/c1-11(2,9(12)10(14)15)3-4-13-5-7-16-8-6-13/h9H,3-8,12H2,1-2H3,(H,14,15). The summed E-state index contributed by atoms with van der Waals surface area (Å²) in [6.45, 7) is 8.10. The number of carbonyl (C=O) groups is 1. The molecule has 0 bridgehead atoms. The van der Waals surface area contributed by atoms with E-state index in [-0.39, 0.29) is 5.41 Å². The van der Waals surface area contributed by atoms with Gasteiger partial charge in [-0.1, -0.05) is 13.8 Å². The van der Waals surface area contributed by atoms with Gasteiger partial charge in [-0.3, -0.25) is 9.69 Å². The lowest BCUT2D eigenvalue weighted by atomic mass is 9.81. The van der Waals surface area contributed by atoms with Crippen LogP contribution in [0.25, 0.3) is 0 Å². The second-order valence-electron chi connectivity index (χ2n) is 5.01. The number of nitrogens with zero attached hydrogens (tertiary/aromatic N) is 1. The summed E-state index contributed by atoms with van der Waals surface area (Å²) in [6.07, 6.45) is 0.792. The van der Waals surface area contributed by atoms with E-state index in [0.717, 1.165) is 39.3 Å². The van der Waals surface area contributed by atoms with Crippen LogP contribution in [0.3, 0.4) is 0 Å². The highest BCUT2D eigenvalue weighted by atomic mass is 16.5. The fourth-order valence-corrected chi connectivity index (χ4v) is 1.76. The third kappa shape index (κ3) is 3.73. The third-order valence-corrected chi connectivity index (χ3v) is 3.28. The van der Waals surface area contributed by atoms with Crippen LogP contribution < -0.4 is 5.73 Å². The number of carboxylic acid groups (broad SMARTS) is 1. The summed E-state index contributed by atoms with van der Waals surface area (Å²) < 4.78 is 5.26. The fourth-order valence-electron chi connectivity index (χ4n) is 1.76. The van der Waals surface area contributed by atoms with Gasteiger partial charge in [-0.25, -0.2) is 0 Å². The van der Waals surface area contributed by atoms with Gasteiger partial charge < -0.3 is 15.6 Å². The second-order valence-corrected chi connectivity index (χ2v) is 5.01. The Morgan fingerprint density at radius 1 is 1.50 bits per heavy atom. The molecule has 1 fully saturated rings. The van der Waals surface area contributed by atoms with Crippen LogP contribution in [0.2, 0.25) is 0 Å². The van der Waals surface area contributed by atoms with Crippen LogP contribution in [-0.2, 0) is 9.53 Å². The maximum atomic E-state index is 10.8. The first-order valence-electron chi connectivity index (χ1n) is 5.72. The Morgan fingerprint density at radius 3 is 2.56 bits per heavy atom. The molecule has 1 aliphatic heterocycles. The number of rotatable bonds is 5. The number of carboxylic acids is 1. The average molecular weight is 230 g/mol. The smallest absolute Gasteiger partial charge is 0.321 e. The summed E-state index contributed by atoms with van der Waals surface area (Å²) in [4.78, 5) is 13.1. The summed E-state index contributed by atoms with van der Waals surface area (Å²) in [5.74, 6) is -0.924. The zero-order valence-corrected chi connectivity index (χ0v) is 10.1. The van der Waals surface area contributed by atoms with E-state index in [4.69, 9.17) is 15.6 Å². The number of hydrogen-bond donors (Lipinski definition) is 2. The van der Waals surface area contributed by atoms with Crippen LogP contribution in [0, 0.1) is 5.41 Å². The Kier molecular flexibility index (Phi) is 4.70. The van der Waals surface area contributed by atoms with E-state index in [2.05, 4.69) is 4.90 Å². The molecule has 16 heavy (non-hydrogen) atoms. The molecule has 1 rings (SSSR count). The van der Waals surface area contributed by atoms with Crippen LogP contribution in [0.15, 0.2) is 0 Å². The lowest BCUT2D eigenvalue weighted by Crippen LogP contribution is -2.46. The molecule has 1 atom stereocenters. The van der Waals surface area contributed by atoms with Crippen molar-refractivity contribution in [1.29, 1.82) is 0 Å². The first kappa shape index (κ1) is 13.4. The zero-order chi connectivity index (χ0) is 12.2. The molecule has 0 radical (unpaired) electrons. The van der Waals surface area contributed by atoms with Gasteiger partial charge in [0.05, 0.1) is 13.2 Å². The van der Waals surface area contributed by atoms with Gasteiger partial charge >= 0.3 is 5.97 Å². The van der Waals surface area contributed by atoms with E-state index in [1.807, 2.05) is 13.8 Å². The molecule has 1 heterocycles. The highest BCUT2D eigenvalue weighted by Gasteiger charge is 2.32. The summed E-state index contributed by atoms with van der Waals surface area (Å²) in [6, 6.07) is -0.798. The number of hydrogen-bond acceptors (Lipinski definition) is 4. The minimum atomic E-state index is -0.924. The van der Waals surface area contributed by atoms with E-state index >= 15 is 0 Å². The highest BCUT2D eigenvalue weighted by Crippen LogP contribution is 2.24. The van der Waals surface area contributed by atoms with Gasteiger partial charge in [0.1, 0.15) is 6.04 Å². The first-order chi connectivity index (χ1) is 7.43. The van der Waals surface area contributed by atoms with E-state index in [0.29, 0.717) is 0 Å². The van der Waals surface area contributed by atoms with Crippen LogP contribution >= 0.6 is 0 Å². The van der Waals surface area contributed by atoms with Crippen molar-refractivity contribution < 1.29 is 14.6 Å². The summed E-state index contributed by atoms with van der Waals surface area (Å²) >= 11 is 0. The number of ether oxygens (including phenoxy) is 1. The molecule has 0 amide bonds. The lowest BCUT2D eigenvalue weighted by Gasteiger charge is -2.33. The third-order valence-electron chi connectivity index (χ3n) is 3.28. The highest BCUT2D eigenvalue weighted by molar-refractivity contribution is 5.74. The average Bonchev–Trinajstić information content (AvgIpc) is 2.27. The van der Waals surface area contributed by atoms with Crippen molar-refractivity contribution in [1.82, 2.24) is 4.90 Å². The Morgan fingerprint density at radius 2 is 2.06 bits per heavy atom. The molecule has 0 aromatic heterocycles. The van der Waals surface area contributed by atoms with Crippen molar-refractivity contribution in [2.75, 3.05) is 32.8 Å². The molecular weight excluding hydrogens is 208 g/mol. The quantitative estimate of drug-likeness (QED) is 0.703. The molecule has 0 aromatic carbocycles. The Hall–Kier alpha value is -0.650.